The van der Waals surface area contributed by atoms with Crippen LogP contribution in [0.5, 0.6) is 0 Å². The van der Waals surface area contributed by atoms with Crippen LogP contribution in [-0.2, 0) is 6.42 Å². The SMILES string of the molecule is CCNc1nc(-c2cccc(Br)c2)nc(CC(C)C)c1I. The van der Waals surface area contributed by atoms with E-state index in [2.05, 4.69) is 70.7 Å². The van der Waals surface area contributed by atoms with E-state index >= 15 is 0 Å². The Labute approximate surface area is 148 Å². The molecule has 3 nitrogen and oxygen atoms in total. The zero-order chi connectivity index (χ0) is 15.4. The van der Waals surface area contributed by atoms with E-state index in [1.165, 1.54) is 0 Å². The topological polar surface area (TPSA) is 37.8 Å². The maximum Gasteiger partial charge on any atom is 0.161 e. The van der Waals surface area contributed by atoms with Crippen molar-refractivity contribution in [3.8, 4) is 11.4 Å². The molecule has 1 aromatic heterocycles. The molecule has 0 radical (unpaired) electrons. The van der Waals surface area contributed by atoms with Crippen LogP contribution in [0, 0.1) is 9.49 Å². The molecule has 2 rings (SSSR count). The molecule has 0 aliphatic carbocycles. The van der Waals surface area contributed by atoms with Crippen molar-refractivity contribution in [1.82, 2.24) is 9.97 Å². The number of hydrogen-bond acceptors (Lipinski definition) is 3. The lowest BCUT2D eigenvalue weighted by atomic mass is 10.1. The predicted octanol–water partition coefficient (Wildman–Crippen LogP) is 5.14. The highest BCUT2D eigenvalue weighted by atomic mass is 127. The van der Waals surface area contributed by atoms with Gasteiger partial charge in [-0.15, -0.1) is 0 Å². The Morgan fingerprint density at radius 1 is 1.29 bits per heavy atom. The summed E-state index contributed by atoms with van der Waals surface area (Å²) in [7, 11) is 0. The Morgan fingerprint density at radius 3 is 2.67 bits per heavy atom. The summed E-state index contributed by atoms with van der Waals surface area (Å²) in [5.41, 5.74) is 2.15. The van der Waals surface area contributed by atoms with Crippen molar-refractivity contribution in [3.63, 3.8) is 0 Å². The molecular weight excluding hydrogens is 441 g/mol. The predicted molar refractivity (Wildman–Crippen MR) is 101 cm³/mol. The molecule has 0 unspecified atom stereocenters. The fraction of sp³-hybridized carbons (Fsp3) is 0.375. The average molecular weight is 460 g/mol. The molecule has 0 fully saturated rings. The molecule has 0 aliphatic heterocycles. The highest BCUT2D eigenvalue weighted by molar-refractivity contribution is 14.1. The third-order valence-corrected chi connectivity index (χ3v) is 4.58. The van der Waals surface area contributed by atoms with Crippen molar-refractivity contribution in [2.75, 3.05) is 11.9 Å². The van der Waals surface area contributed by atoms with Gasteiger partial charge in [0, 0.05) is 16.6 Å². The van der Waals surface area contributed by atoms with Gasteiger partial charge >= 0.3 is 0 Å². The molecule has 0 aliphatic rings. The fourth-order valence-corrected chi connectivity index (χ4v) is 3.11. The molecule has 0 saturated heterocycles. The lowest BCUT2D eigenvalue weighted by molar-refractivity contribution is 0.632. The van der Waals surface area contributed by atoms with Crippen molar-refractivity contribution in [1.29, 1.82) is 0 Å². The van der Waals surface area contributed by atoms with Gasteiger partial charge in [-0.3, -0.25) is 0 Å². The maximum atomic E-state index is 4.79. The molecule has 112 valence electrons. The number of nitrogens with one attached hydrogen (secondary N) is 1. The van der Waals surface area contributed by atoms with Crippen molar-refractivity contribution >= 4 is 44.3 Å². The summed E-state index contributed by atoms with van der Waals surface area (Å²) in [5, 5.41) is 3.34. The van der Waals surface area contributed by atoms with E-state index in [9.17, 15) is 0 Å². The van der Waals surface area contributed by atoms with Gasteiger partial charge in [-0.05, 0) is 54.0 Å². The normalized spacial score (nSPS) is 11.0. The van der Waals surface area contributed by atoms with E-state index in [0.29, 0.717) is 5.92 Å². The molecule has 1 aromatic carbocycles. The van der Waals surface area contributed by atoms with Gasteiger partial charge in [0.2, 0.25) is 0 Å². The molecule has 5 heteroatoms. The summed E-state index contributed by atoms with van der Waals surface area (Å²) >= 11 is 5.85. The Balaban J connectivity index is 2.52. The lowest BCUT2D eigenvalue weighted by Gasteiger charge is -2.13. The minimum absolute atomic E-state index is 0.568. The smallest absolute Gasteiger partial charge is 0.161 e. The monoisotopic (exact) mass is 459 g/mol. The first-order valence-electron chi connectivity index (χ1n) is 7.07. The Hall–Kier alpha value is -0.690. The largest absolute Gasteiger partial charge is 0.369 e. The van der Waals surface area contributed by atoms with Crippen molar-refractivity contribution < 1.29 is 0 Å². The van der Waals surface area contributed by atoms with Crippen LogP contribution in [0.4, 0.5) is 5.82 Å². The fourth-order valence-electron chi connectivity index (χ4n) is 2.06. The number of anilines is 1. The van der Waals surface area contributed by atoms with E-state index < -0.39 is 0 Å². The van der Waals surface area contributed by atoms with Crippen LogP contribution in [0.1, 0.15) is 26.5 Å². The van der Waals surface area contributed by atoms with E-state index in [0.717, 1.165) is 43.9 Å². The zero-order valence-electron chi connectivity index (χ0n) is 12.5. The van der Waals surface area contributed by atoms with Gasteiger partial charge in [0.1, 0.15) is 5.82 Å². The van der Waals surface area contributed by atoms with E-state index in [4.69, 9.17) is 9.97 Å². The van der Waals surface area contributed by atoms with E-state index in [1.807, 2.05) is 18.2 Å². The van der Waals surface area contributed by atoms with Crippen LogP contribution < -0.4 is 5.32 Å². The van der Waals surface area contributed by atoms with Gasteiger partial charge in [-0.25, -0.2) is 9.97 Å². The number of aromatic nitrogens is 2. The second kappa shape index (κ2) is 7.54. The van der Waals surface area contributed by atoms with E-state index in [-0.39, 0.29) is 0 Å². The van der Waals surface area contributed by atoms with Crippen LogP contribution in [0.15, 0.2) is 28.7 Å². The van der Waals surface area contributed by atoms with Gasteiger partial charge < -0.3 is 5.32 Å². The Kier molecular flexibility index (Phi) is 5.98. The summed E-state index contributed by atoms with van der Waals surface area (Å²) in [5.74, 6) is 2.28. The first-order chi connectivity index (χ1) is 10.0. The molecule has 2 aromatic rings. The molecule has 1 N–H and O–H groups in total. The van der Waals surface area contributed by atoms with Crippen LogP contribution in [-0.4, -0.2) is 16.5 Å². The zero-order valence-corrected chi connectivity index (χ0v) is 16.2. The van der Waals surface area contributed by atoms with Gasteiger partial charge in [-0.1, -0.05) is 41.9 Å². The first-order valence-corrected chi connectivity index (χ1v) is 8.94. The van der Waals surface area contributed by atoms with Crippen LogP contribution >= 0.6 is 38.5 Å². The second-order valence-corrected chi connectivity index (χ2v) is 7.29. The summed E-state index contributed by atoms with van der Waals surface area (Å²) < 4.78 is 2.17. The lowest BCUT2D eigenvalue weighted by Crippen LogP contribution is -2.09. The van der Waals surface area contributed by atoms with Gasteiger partial charge in [0.05, 0.1) is 9.26 Å². The molecule has 0 spiro atoms. The second-order valence-electron chi connectivity index (χ2n) is 5.30. The van der Waals surface area contributed by atoms with Crippen LogP contribution in [0.3, 0.4) is 0 Å². The maximum absolute atomic E-state index is 4.79. The molecule has 0 saturated carbocycles. The number of hydrogen-bond donors (Lipinski definition) is 1. The van der Waals surface area contributed by atoms with Crippen LogP contribution in [0.2, 0.25) is 0 Å². The highest BCUT2D eigenvalue weighted by Crippen LogP contribution is 2.27. The van der Waals surface area contributed by atoms with Gasteiger partial charge in [0.25, 0.3) is 0 Å². The minimum Gasteiger partial charge on any atom is -0.369 e. The Morgan fingerprint density at radius 2 is 2.05 bits per heavy atom. The number of halogens is 2. The number of rotatable bonds is 5. The molecule has 21 heavy (non-hydrogen) atoms. The summed E-state index contributed by atoms with van der Waals surface area (Å²) in [6.45, 7) is 7.36. The van der Waals surface area contributed by atoms with Crippen molar-refractivity contribution in [3.05, 3.63) is 38.0 Å². The first kappa shape index (κ1) is 16.7. The quantitative estimate of drug-likeness (QED) is 0.629. The molecule has 0 bridgehead atoms. The summed E-state index contributed by atoms with van der Waals surface area (Å²) in [6, 6.07) is 8.12. The molecule has 0 amide bonds. The van der Waals surface area contributed by atoms with Crippen LogP contribution in [0.25, 0.3) is 11.4 Å². The minimum atomic E-state index is 0.568. The summed E-state index contributed by atoms with van der Waals surface area (Å²) in [4.78, 5) is 9.48. The molecule has 1 heterocycles. The number of nitrogens with zero attached hydrogens (tertiary/aromatic N) is 2. The summed E-state index contributed by atoms with van der Waals surface area (Å²) in [6.07, 6.45) is 0.959. The van der Waals surface area contributed by atoms with Crippen molar-refractivity contribution in [2.45, 2.75) is 27.2 Å². The third kappa shape index (κ3) is 4.39. The van der Waals surface area contributed by atoms with E-state index in [1.54, 1.807) is 0 Å². The molecule has 0 atom stereocenters. The third-order valence-electron chi connectivity index (χ3n) is 2.95. The van der Waals surface area contributed by atoms with Gasteiger partial charge in [-0.2, -0.15) is 0 Å². The van der Waals surface area contributed by atoms with Crippen molar-refractivity contribution in [2.24, 2.45) is 5.92 Å². The standard InChI is InChI=1S/C16H19BrIN3/c1-4-19-16-14(18)13(8-10(2)3)20-15(21-16)11-6-5-7-12(17)9-11/h5-7,9-10H,4,8H2,1-3H3,(H,19,20,21). The molecular formula is C16H19BrIN3. The Bertz CT molecular complexity index is 629. The average Bonchev–Trinajstić information content (AvgIpc) is 2.42. The van der Waals surface area contributed by atoms with Gasteiger partial charge in [0.15, 0.2) is 5.82 Å². The number of benzene rings is 1. The highest BCUT2D eigenvalue weighted by Gasteiger charge is 2.14.